The van der Waals surface area contributed by atoms with E-state index in [-0.39, 0.29) is 18.1 Å². The van der Waals surface area contributed by atoms with E-state index in [1.54, 1.807) is 0 Å². The van der Waals surface area contributed by atoms with Gasteiger partial charge < -0.3 is 4.90 Å². The highest BCUT2D eigenvalue weighted by Crippen LogP contribution is 2.32. The van der Waals surface area contributed by atoms with E-state index in [4.69, 9.17) is 0 Å². The molecule has 110 valence electrons. The van der Waals surface area contributed by atoms with E-state index in [9.17, 15) is 13.6 Å². The third-order valence-corrected chi connectivity index (χ3v) is 4.32. The van der Waals surface area contributed by atoms with Crippen LogP contribution in [0.4, 0.5) is 8.78 Å². The van der Waals surface area contributed by atoms with Crippen LogP contribution in [0.5, 0.6) is 0 Å². The number of amides is 1. The van der Waals surface area contributed by atoms with E-state index in [0.717, 1.165) is 44.9 Å². The van der Waals surface area contributed by atoms with Crippen molar-refractivity contribution in [3.05, 3.63) is 0 Å². The fraction of sp³-hybridized carbons (Fsp3) is 0.929. The predicted octanol–water partition coefficient (Wildman–Crippen LogP) is 2.76. The number of carbonyl (C=O) groups is 1. The second kappa shape index (κ2) is 6.64. The van der Waals surface area contributed by atoms with Crippen LogP contribution in [0.1, 0.15) is 51.9 Å². The summed E-state index contributed by atoms with van der Waals surface area (Å²) in [6.07, 6.45) is 4.54. The second-order valence-electron chi connectivity index (χ2n) is 5.73. The van der Waals surface area contributed by atoms with E-state index < -0.39 is 13.0 Å². The summed E-state index contributed by atoms with van der Waals surface area (Å²) in [6, 6.07) is -0.246. The zero-order valence-corrected chi connectivity index (χ0v) is 11.6. The van der Waals surface area contributed by atoms with Crippen LogP contribution in [-0.2, 0) is 4.79 Å². The third-order valence-electron chi connectivity index (χ3n) is 4.32. The summed E-state index contributed by atoms with van der Waals surface area (Å²) < 4.78 is 25.4. The third kappa shape index (κ3) is 3.44. The standard InChI is InChI=1S/C14H24F2N2O/c1-2-3-8-11-14(19)18(9-12(15)16)13(17-11)10-6-4-5-7-10/h10-13,17H,2-9H2,1H3. The summed E-state index contributed by atoms with van der Waals surface area (Å²) >= 11 is 0. The molecule has 1 saturated heterocycles. The molecule has 1 heterocycles. The fourth-order valence-electron chi connectivity index (χ4n) is 3.34. The summed E-state index contributed by atoms with van der Waals surface area (Å²) in [5.74, 6) is 0.236. The molecule has 19 heavy (non-hydrogen) atoms. The number of unbranched alkanes of at least 4 members (excludes halogenated alkanes) is 1. The Morgan fingerprint density at radius 3 is 2.63 bits per heavy atom. The molecule has 1 amide bonds. The first-order chi connectivity index (χ1) is 9.13. The predicted molar refractivity (Wildman–Crippen MR) is 69.9 cm³/mol. The van der Waals surface area contributed by atoms with Crippen LogP contribution in [-0.4, -0.2) is 36.0 Å². The molecule has 0 aromatic rings. The highest BCUT2D eigenvalue weighted by atomic mass is 19.3. The Labute approximate surface area is 113 Å². The van der Waals surface area contributed by atoms with Gasteiger partial charge in [-0.25, -0.2) is 8.78 Å². The molecule has 5 heteroatoms. The number of nitrogens with one attached hydrogen (secondary N) is 1. The molecule has 0 radical (unpaired) electrons. The molecule has 0 aromatic carbocycles. The van der Waals surface area contributed by atoms with Crippen molar-refractivity contribution in [2.75, 3.05) is 6.54 Å². The second-order valence-corrected chi connectivity index (χ2v) is 5.73. The number of hydrogen-bond acceptors (Lipinski definition) is 2. The number of alkyl halides is 2. The van der Waals surface area contributed by atoms with Gasteiger partial charge in [-0.3, -0.25) is 10.1 Å². The lowest BCUT2D eigenvalue weighted by molar-refractivity contribution is -0.132. The molecular formula is C14H24F2N2O. The zero-order valence-electron chi connectivity index (χ0n) is 11.6. The lowest BCUT2D eigenvalue weighted by Crippen LogP contribution is -2.44. The van der Waals surface area contributed by atoms with Crippen molar-refractivity contribution in [1.82, 2.24) is 10.2 Å². The number of hydrogen-bond donors (Lipinski definition) is 1. The fourth-order valence-corrected chi connectivity index (χ4v) is 3.34. The van der Waals surface area contributed by atoms with E-state index in [0.29, 0.717) is 5.92 Å². The van der Waals surface area contributed by atoms with Gasteiger partial charge in [0.05, 0.1) is 18.8 Å². The molecule has 3 nitrogen and oxygen atoms in total. The Bertz CT molecular complexity index is 306. The van der Waals surface area contributed by atoms with Gasteiger partial charge in [0.15, 0.2) is 0 Å². The van der Waals surface area contributed by atoms with Crippen molar-refractivity contribution in [3.8, 4) is 0 Å². The first-order valence-electron chi connectivity index (χ1n) is 7.48. The number of rotatable bonds is 6. The van der Waals surface area contributed by atoms with Crippen molar-refractivity contribution in [3.63, 3.8) is 0 Å². The molecule has 0 bridgehead atoms. The van der Waals surface area contributed by atoms with Gasteiger partial charge in [0.25, 0.3) is 6.43 Å². The average Bonchev–Trinajstić information content (AvgIpc) is 2.97. The summed E-state index contributed by atoms with van der Waals surface area (Å²) in [5, 5.41) is 3.32. The molecule has 1 saturated carbocycles. The Morgan fingerprint density at radius 1 is 1.37 bits per heavy atom. The van der Waals surface area contributed by atoms with E-state index >= 15 is 0 Å². The van der Waals surface area contributed by atoms with Gasteiger partial charge in [-0.1, -0.05) is 32.6 Å². The van der Waals surface area contributed by atoms with Gasteiger partial charge >= 0.3 is 0 Å². The summed E-state index contributed by atoms with van der Waals surface area (Å²) in [6.45, 7) is 1.65. The molecular weight excluding hydrogens is 250 g/mol. The zero-order chi connectivity index (χ0) is 13.8. The van der Waals surface area contributed by atoms with Gasteiger partial charge in [0.2, 0.25) is 5.91 Å². The quantitative estimate of drug-likeness (QED) is 0.807. The Kier molecular flexibility index (Phi) is 5.13. The van der Waals surface area contributed by atoms with Crippen molar-refractivity contribution in [1.29, 1.82) is 0 Å². The van der Waals surface area contributed by atoms with Crippen LogP contribution in [0.3, 0.4) is 0 Å². The largest absolute Gasteiger partial charge is 0.320 e. The van der Waals surface area contributed by atoms with Gasteiger partial charge in [-0.05, 0) is 25.2 Å². The van der Waals surface area contributed by atoms with Crippen LogP contribution in [0.2, 0.25) is 0 Å². The SMILES string of the molecule is CCCCC1NC(C2CCCC2)N(CC(F)F)C1=O. The minimum absolute atomic E-state index is 0.120. The molecule has 1 aliphatic carbocycles. The van der Waals surface area contributed by atoms with Crippen molar-refractivity contribution in [2.45, 2.75) is 70.5 Å². The molecule has 1 N–H and O–H groups in total. The van der Waals surface area contributed by atoms with Crippen molar-refractivity contribution in [2.24, 2.45) is 5.92 Å². The Balaban J connectivity index is 2.03. The molecule has 0 spiro atoms. The first-order valence-corrected chi connectivity index (χ1v) is 7.48. The molecule has 2 atom stereocenters. The van der Waals surface area contributed by atoms with E-state index in [1.165, 1.54) is 4.90 Å². The normalized spacial score (nSPS) is 28.8. The number of nitrogens with zero attached hydrogens (tertiary/aromatic N) is 1. The highest BCUT2D eigenvalue weighted by molar-refractivity contribution is 5.84. The molecule has 2 unspecified atom stereocenters. The lowest BCUT2D eigenvalue weighted by Gasteiger charge is -2.28. The molecule has 2 fully saturated rings. The van der Waals surface area contributed by atoms with Crippen molar-refractivity contribution < 1.29 is 13.6 Å². The van der Waals surface area contributed by atoms with E-state index in [2.05, 4.69) is 12.2 Å². The summed E-state index contributed by atoms with van der Waals surface area (Å²) in [7, 11) is 0. The van der Waals surface area contributed by atoms with Crippen LogP contribution in [0.15, 0.2) is 0 Å². The smallest absolute Gasteiger partial charge is 0.255 e. The van der Waals surface area contributed by atoms with Gasteiger partial charge in [0.1, 0.15) is 0 Å². The summed E-state index contributed by atoms with van der Waals surface area (Å²) in [4.78, 5) is 13.6. The summed E-state index contributed by atoms with van der Waals surface area (Å²) in [5.41, 5.74) is 0. The first kappa shape index (κ1) is 14.7. The van der Waals surface area contributed by atoms with Gasteiger partial charge in [0, 0.05) is 0 Å². The minimum atomic E-state index is -2.44. The maximum Gasteiger partial charge on any atom is 0.255 e. The Morgan fingerprint density at radius 2 is 2.05 bits per heavy atom. The monoisotopic (exact) mass is 274 g/mol. The average molecular weight is 274 g/mol. The topological polar surface area (TPSA) is 32.3 Å². The maximum absolute atomic E-state index is 12.7. The lowest BCUT2D eigenvalue weighted by atomic mass is 10.0. The van der Waals surface area contributed by atoms with Crippen LogP contribution in [0.25, 0.3) is 0 Å². The maximum atomic E-state index is 12.7. The molecule has 2 aliphatic rings. The van der Waals surface area contributed by atoms with Crippen LogP contribution >= 0.6 is 0 Å². The molecule has 0 aromatic heterocycles. The molecule has 1 aliphatic heterocycles. The van der Waals surface area contributed by atoms with Crippen LogP contribution < -0.4 is 5.32 Å². The number of halogens is 2. The Hall–Kier alpha value is -0.710. The van der Waals surface area contributed by atoms with Crippen molar-refractivity contribution >= 4 is 5.91 Å². The van der Waals surface area contributed by atoms with Crippen LogP contribution in [0, 0.1) is 5.92 Å². The minimum Gasteiger partial charge on any atom is -0.320 e. The number of carbonyl (C=O) groups excluding carboxylic acids is 1. The van der Waals surface area contributed by atoms with E-state index in [1.807, 2.05) is 0 Å². The highest BCUT2D eigenvalue weighted by Gasteiger charge is 2.43. The van der Waals surface area contributed by atoms with Gasteiger partial charge in [-0.2, -0.15) is 0 Å². The van der Waals surface area contributed by atoms with Gasteiger partial charge in [-0.15, -0.1) is 0 Å². The molecule has 2 rings (SSSR count).